The first-order chi connectivity index (χ1) is 9.61. The molecule has 6 nitrogen and oxygen atoms in total. The molecule has 0 saturated heterocycles. The molecule has 0 bridgehead atoms. The van der Waals surface area contributed by atoms with Gasteiger partial charge in [-0.05, 0) is 24.5 Å². The van der Waals surface area contributed by atoms with Crippen LogP contribution in [0.4, 0.5) is 11.4 Å². The molecule has 0 spiro atoms. The molecule has 0 aliphatic heterocycles. The average molecular weight is 277 g/mol. The zero-order valence-electron chi connectivity index (χ0n) is 11.5. The van der Waals surface area contributed by atoms with Crippen LogP contribution in [0.5, 0.6) is 0 Å². The van der Waals surface area contributed by atoms with Gasteiger partial charge in [0.15, 0.2) is 0 Å². The molecular formula is C14H19N3O3. The first kappa shape index (κ1) is 14.3. The molecule has 20 heavy (non-hydrogen) atoms. The van der Waals surface area contributed by atoms with Crippen molar-refractivity contribution in [1.29, 1.82) is 0 Å². The van der Waals surface area contributed by atoms with Crippen LogP contribution in [0.15, 0.2) is 18.2 Å². The summed E-state index contributed by atoms with van der Waals surface area (Å²) in [5.74, 6) is 0.431. The van der Waals surface area contributed by atoms with Gasteiger partial charge >= 0.3 is 0 Å². The maximum atomic E-state index is 11.5. The summed E-state index contributed by atoms with van der Waals surface area (Å²) in [4.78, 5) is 22.1. The second-order valence-corrected chi connectivity index (χ2v) is 5.08. The molecular weight excluding hydrogens is 258 g/mol. The fourth-order valence-corrected chi connectivity index (χ4v) is 2.31. The number of nitro benzene ring substituents is 1. The summed E-state index contributed by atoms with van der Waals surface area (Å²) < 4.78 is 0. The number of nitro groups is 1. The molecule has 0 unspecified atom stereocenters. The minimum absolute atomic E-state index is 0.0558. The van der Waals surface area contributed by atoms with Crippen LogP contribution in [0.1, 0.15) is 36.0 Å². The molecule has 108 valence electrons. The minimum atomic E-state index is -0.460. The monoisotopic (exact) mass is 277 g/mol. The topological polar surface area (TPSA) is 84.3 Å². The predicted octanol–water partition coefficient (Wildman–Crippen LogP) is 2.56. The number of carbonyl (C=O) groups excluding carboxylic acids is 1. The Kier molecular flexibility index (Phi) is 4.55. The van der Waals surface area contributed by atoms with Crippen molar-refractivity contribution >= 4 is 17.3 Å². The Morgan fingerprint density at radius 2 is 2.20 bits per heavy atom. The van der Waals surface area contributed by atoms with Gasteiger partial charge in [-0.2, -0.15) is 0 Å². The lowest BCUT2D eigenvalue weighted by Gasteiger charge is -2.25. The highest BCUT2D eigenvalue weighted by Gasteiger charge is 2.19. The van der Waals surface area contributed by atoms with E-state index in [1.165, 1.54) is 32.4 Å². The second kappa shape index (κ2) is 6.36. The lowest BCUT2D eigenvalue weighted by molar-refractivity contribution is -0.384. The molecule has 2 rings (SSSR count). The number of rotatable bonds is 6. The summed E-state index contributed by atoms with van der Waals surface area (Å²) in [5.41, 5.74) is 0.713. The molecule has 0 atom stereocenters. The van der Waals surface area contributed by atoms with Crippen LogP contribution in [0.3, 0.4) is 0 Å². The molecule has 1 aliphatic carbocycles. The number of anilines is 1. The number of amides is 1. The van der Waals surface area contributed by atoms with Gasteiger partial charge in [-0.3, -0.25) is 14.9 Å². The van der Waals surface area contributed by atoms with E-state index in [1.54, 1.807) is 12.1 Å². The molecule has 0 radical (unpaired) electrons. The van der Waals surface area contributed by atoms with Crippen LogP contribution in [0, 0.1) is 16.0 Å². The summed E-state index contributed by atoms with van der Waals surface area (Å²) in [6, 6.07) is 4.51. The van der Waals surface area contributed by atoms with E-state index in [-0.39, 0.29) is 11.6 Å². The van der Waals surface area contributed by atoms with E-state index >= 15 is 0 Å². The molecule has 1 amide bonds. The Bertz CT molecular complexity index is 512. The van der Waals surface area contributed by atoms with E-state index < -0.39 is 4.92 Å². The maximum Gasteiger partial charge on any atom is 0.293 e. The van der Waals surface area contributed by atoms with Crippen LogP contribution in [0.2, 0.25) is 0 Å². The lowest BCUT2D eigenvalue weighted by atomic mass is 9.83. The summed E-state index contributed by atoms with van der Waals surface area (Å²) in [6.07, 6.45) is 4.86. The van der Waals surface area contributed by atoms with Crippen molar-refractivity contribution in [1.82, 2.24) is 5.32 Å². The fraction of sp³-hybridized carbons (Fsp3) is 0.500. The summed E-state index contributed by atoms with van der Waals surface area (Å²) in [5, 5.41) is 16.6. The number of carbonyl (C=O) groups is 1. The second-order valence-electron chi connectivity index (χ2n) is 5.08. The van der Waals surface area contributed by atoms with E-state index in [0.717, 1.165) is 18.9 Å². The van der Waals surface area contributed by atoms with Crippen molar-refractivity contribution in [3.8, 4) is 0 Å². The van der Waals surface area contributed by atoms with Crippen molar-refractivity contribution in [2.75, 3.05) is 18.9 Å². The number of hydrogen-bond acceptors (Lipinski definition) is 4. The molecule has 1 aliphatic rings. The Morgan fingerprint density at radius 1 is 1.45 bits per heavy atom. The van der Waals surface area contributed by atoms with Crippen molar-refractivity contribution < 1.29 is 9.72 Å². The van der Waals surface area contributed by atoms with Crippen LogP contribution < -0.4 is 10.6 Å². The van der Waals surface area contributed by atoms with E-state index in [1.807, 2.05) is 0 Å². The van der Waals surface area contributed by atoms with Gasteiger partial charge in [-0.1, -0.05) is 19.3 Å². The van der Waals surface area contributed by atoms with Gasteiger partial charge in [0, 0.05) is 25.2 Å². The number of nitrogens with zero attached hydrogens (tertiary/aromatic N) is 1. The lowest BCUT2D eigenvalue weighted by Crippen LogP contribution is -2.18. The largest absolute Gasteiger partial charge is 0.379 e. The number of hydrogen-bond donors (Lipinski definition) is 2. The quantitative estimate of drug-likeness (QED) is 0.618. The van der Waals surface area contributed by atoms with E-state index in [4.69, 9.17) is 0 Å². The molecule has 2 N–H and O–H groups in total. The predicted molar refractivity (Wildman–Crippen MR) is 76.9 cm³/mol. The molecule has 1 aromatic rings. The average Bonchev–Trinajstić information content (AvgIpc) is 2.40. The van der Waals surface area contributed by atoms with E-state index in [2.05, 4.69) is 10.6 Å². The van der Waals surface area contributed by atoms with Gasteiger partial charge in [0.1, 0.15) is 5.69 Å². The van der Waals surface area contributed by atoms with Gasteiger partial charge in [0.2, 0.25) is 0 Å². The van der Waals surface area contributed by atoms with E-state index in [9.17, 15) is 14.9 Å². The van der Waals surface area contributed by atoms with Gasteiger partial charge < -0.3 is 10.6 Å². The van der Waals surface area contributed by atoms with Crippen molar-refractivity contribution in [2.45, 2.75) is 25.7 Å². The Labute approximate surface area is 117 Å². The van der Waals surface area contributed by atoms with Crippen molar-refractivity contribution in [2.24, 2.45) is 5.92 Å². The molecule has 6 heteroatoms. The smallest absolute Gasteiger partial charge is 0.293 e. The zero-order chi connectivity index (χ0) is 14.5. The molecule has 1 aromatic carbocycles. The third-order valence-electron chi connectivity index (χ3n) is 3.78. The highest BCUT2D eigenvalue weighted by Crippen LogP contribution is 2.30. The van der Waals surface area contributed by atoms with Crippen LogP contribution in [-0.2, 0) is 0 Å². The Balaban J connectivity index is 2.06. The summed E-state index contributed by atoms with van der Waals surface area (Å²) >= 11 is 0. The highest BCUT2D eigenvalue weighted by molar-refractivity contribution is 5.95. The third kappa shape index (κ3) is 3.26. The van der Waals surface area contributed by atoms with Crippen molar-refractivity contribution in [3.05, 3.63) is 33.9 Å². The van der Waals surface area contributed by atoms with Crippen LogP contribution >= 0.6 is 0 Å². The molecule has 0 heterocycles. The van der Waals surface area contributed by atoms with Crippen molar-refractivity contribution in [3.63, 3.8) is 0 Å². The van der Waals surface area contributed by atoms with Gasteiger partial charge in [-0.15, -0.1) is 0 Å². The van der Waals surface area contributed by atoms with Crippen LogP contribution in [0.25, 0.3) is 0 Å². The summed E-state index contributed by atoms with van der Waals surface area (Å²) in [7, 11) is 1.50. The SMILES string of the molecule is CNC(=O)c1ccc(NCCC2CCC2)c([N+](=O)[O-])c1. The zero-order valence-corrected chi connectivity index (χ0v) is 11.5. The van der Waals surface area contributed by atoms with E-state index in [0.29, 0.717) is 11.3 Å². The fourth-order valence-electron chi connectivity index (χ4n) is 2.31. The highest BCUT2D eigenvalue weighted by atomic mass is 16.6. The van der Waals surface area contributed by atoms with Gasteiger partial charge in [0.05, 0.1) is 4.92 Å². The standard InChI is InChI=1S/C14H19N3O3/c1-15-14(18)11-5-6-12(13(9-11)17(19)20)16-8-7-10-3-2-4-10/h5-6,9-10,16H,2-4,7-8H2,1H3,(H,15,18). The first-order valence-electron chi connectivity index (χ1n) is 6.86. The minimum Gasteiger partial charge on any atom is -0.379 e. The third-order valence-corrected chi connectivity index (χ3v) is 3.78. The first-order valence-corrected chi connectivity index (χ1v) is 6.86. The molecule has 1 saturated carbocycles. The number of benzene rings is 1. The Hall–Kier alpha value is -2.11. The maximum absolute atomic E-state index is 11.5. The summed E-state index contributed by atoms with van der Waals surface area (Å²) in [6.45, 7) is 0.727. The van der Waals surface area contributed by atoms with Gasteiger partial charge in [0.25, 0.3) is 11.6 Å². The van der Waals surface area contributed by atoms with Crippen LogP contribution in [-0.4, -0.2) is 24.4 Å². The Morgan fingerprint density at radius 3 is 2.75 bits per heavy atom. The number of nitrogens with one attached hydrogen (secondary N) is 2. The normalized spacial score (nSPS) is 14.4. The molecule has 0 aromatic heterocycles. The van der Waals surface area contributed by atoms with Gasteiger partial charge in [-0.25, -0.2) is 0 Å². The molecule has 1 fully saturated rings.